The van der Waals surface area contributed by atoms with Crippen LogP contribution < -0.4 is 5.32 Å². The van der Waals surface area contributed by atoms with Crippen molar-refractivity contribution in [2.24, 2.45) is 0 Å². The standard InChI is InChI=1S/C12H16FNO2/c1-9-5-3-6-10(13)12(9)14-8-4-7-11(15)16-2/h3,5-6,14H,4,7-8H2,1-2H3. The SMILES string of the molecule is COC(=O)CCCNc1c(C)cccc1F. The number of hydrogen-bond acceptors (Lipinski definition) is 3. The molecule has 0 saturated carbocycles. The Morgan fingerprint density at radius 1 is 1.50 bits per heavy atom. The highest BCUT2D eigenvalue weighted by Crippen LogP contribution is 2.18. The summed E-state index contributed by atoms with van der Waals surface area (Å²) in [6.45, 7) is 2.39. The number of para-hydroxylation sites is 1. The van der Waals surface area contributed by atoms with Crippen molar-refractivity contribution in [3.8, 4) is 0 Å². The van der Waals surface area contributed by atoms with Gasteiger partial charge >= 0.3 is 5.97 Å². The Morgan fingerprint density at radius 3 is 2.88 bits per heavy atom. The van der Waals surface area contributed by atoms with E-state index in [2.05, 4.69) is 10.1 Å². The van der Waals surface area contributed by atoms with E-state index in [0.29, 0.717) is 25.1 Å². The number of nitrogens with one attached hydrogen (secondary N) is 1. The summed E-state index contributed by atoms with van der Waals surface area (Å²) in [6.07, 6.45) is 0.970. The molecular formula is C12H16FNO2. The molecule has 0 aliphatic heterocycles. The lowest BCUT2D eigenvalue weighted by Crippen LogP contribution is -2.08. The molecule has 0 aliphatic rings. The molecule has 1 aromatic carbocycles. The molecule has 0 amide bonds. The van der Waals surface area contributed by atoms with Crippen LogP contribution in [0, 0.1) is 12.7 Å². The molecule has 0 aliphatic carbocycles. The van der Waals surface area contributed by atoms with E-state index < -0.39 is 0 Å². The molecule has 0 unspecified atom stereocenters. The summed E-state index contributed by atoms with van der Waals surface area (Å²) in [4.78, 5) is 10.8. The number of halogens is 1. The third-order valence-corrected chi connectivity index (χ3v) is 2.31. The summed E-state index contributed by atoms with van der Waals surface area (Å²) < 4.78 is 17.9. The first-order valence-corrected chi connectivity index (χ1v) is 5.21. The number of aryl methyl sites for hydroxylation is 1. The summed E-state index contributed by atoms with van der Waals surface area (Å²) in [6, 6.07) is 4.92. The van der Waals surface area contributed by atoms with E-state index in [1.165, 1.54) is 13.2 Å². The van der Waals surface area contributed by atoms with Gasteiger partial charge in [0.2, 0.25) is 0 Å². The summed E-state index contributed by atoms with van der Waals surface area (Å²) in [5.41, 5.74) is 1.37. The number of carbonyl (C=O) groups is 1. The van der Waals surface area contributed by atoms with Gasteiger partial charge in [0.1, 0.15) is 5.82 Å². The van der Waals surface area contributed by atoms with Gasteiger partial charge in [-0.3, -0.25) is 4.79 Å². The molecule has 0 bridgehead atoms. The molecule has 1 N–H and O–H groups in total. The highest BCUT2D eigenvalue weighted by molar-refractivity contribution is 5.69. The highest BCUT2D eigenvalue weighted by Gasteiger charge is 2.04. The smallest absolute Gasteiger partial charge is 0.305 e. The summed E-state index contributed by atoms with van der Waals surface area (Å²) in [7, 11) is 1.36. The fraction of sp³-hybridized carbons (Fsp3) is 0.417. The maximum Gasteiger partial charge on any atom is 0.305 e. The molecule has 0 fully saturated rings. The first-order valence-electron chi connectivity index (χ1n) is 5.21. The van der Waals surface area contributed by atoms with Crippen molar-refractivity contribution < 1.29 is 13.9 Å². The molecule has 0 atom stereocenters. The van der Waals surface area contributed by atoms with E-state index in [4.69, 9.17) is 0 Å². The van der Waals surface area contributed by atoms with Gasteiger partial charge in [0.15, 0.2) is 0 Å². The third-order valence-electron chi connectivity index (χ3n) is 2.31. The third kappa shape index (κ3) is 3.53. The van der Waals surface area contributed by atoms with Crippen LogP contribution in [-0.4, -0.2) is 19.6 Å². The van der Waals surface area contributed by atoms with E-state index >= 15 is 0 Å². The Labute approximate surface area is 94.6 Å². The summed E-state index contributed by atoms with van der Waals surface area (Å²) in [5.74, 6) is -0.509. The van der Waals surface area contributed by atoms with Crippen LogP contribution in [0.15, 0.2) is 18.2 Å². The molecule has 16 heavy (non-hydrogen) atoms. The quantitative estimate of drug-likeness (QED) is 0.618. The largest absolute Gasteiger partial charge is 0.469 e. The van der Waals surface area contributed by atoms with Gasteiger partial charge in [-0.05, 0) is 25.0 Å². The molecular weight excluding hydrogens is 209 g/mol. The molecule has 4 heteroatoms. The molecule has 3 nitrogen and oxygen atoms in total. The predicted molar refractivity (Wildman–Crippen MR) is 60.9 cm³/mol. The highest BCUT2D eigenvalue weighted by atomic mass is 19.1. The zero-order valence-corrected chi connectivity index (χ0v) is 9.55. The minimum absolute atomic E-state index is 0.243. The van der Waals surface area contributed by atoms with Crippen molar-refractivity contribution >= 4 is 11.7 Å². The van der Waals surface area contributed by atoms with Gasteiger partial charge in [0, 0.05) is 13.0 Å². The Morgan fingerprint density at radius 2 is 2.25 bits per heavy atom. The number of esters is 1. The first-order chi connectivity index (χ1) is 7.65. The van der Waals surface area contributed by atoms with Gasteiger partial charge in [0.05, 0.1) is 12.8 Å². The van der Waals surface area contributed by atoms with Crippen LogP contribution in [0.1, 0.15) is 18.4 Å². The Hall–Kier alpha value is -1.58. The van der Waals surface area contributed by atoms with Gasteiger partial charge in [-0.25, -0.2) is 4.39 Å². The van der Waals surface area contributed by atoms with Crippen molar-refractivity contribution in [1.82, 2.24) is 0 Å². The minimum atomic E-state index is -0.266. The van der Waals surface area contributed by atoms with E-state index in [9.17, 15) is 9.18 Å². The fourth-order valence-electron chi connectivity index (χ4n) is 1.40. The van der Waals surface area contributed by atoms with E-state index in [1.807, 2.05) is 13.0 Å². The molecule has 1 rings (SSSR count). The van der Waals surface area contributed by atoms with Crippen molar-refractivity contribution in [3.63, 3.8) is 0 Å². The maximum atomic E-state index is 13.3. The van der Waals surface area contributed by atoms with Crippen LogP contribution in [0.2, 0.25) is 0 Å². The topological polar surface area (TPSA) is 38.3 Å². The lowest BCUT2D eigenvalue weighted by molar-refractivity contribution is -0.140. The Kier molecular flexibility index (Phi) is 4.76. The van der Waals surface area contributed by atoms with Gasteiger partial charge < -0.3 is 10.1 Å². The molecule has 0 saturated heterocycles. The van der Waals surface area contributed by atoms with Crippen molar-refractivity contribution in [2.45, 2.75) is 19.8 Å². The van der Waals surface area contributed by atoms with Crippen LogP contribution in [0.5, 0.6) is 0 Å². The van der Waals surface area contributed by atoms with Crippen LogP contribution in [0.25, 0.3) is 0 Å². The molecule has 0 radical (unpaired) electrons. The molecule has 0 aromatic heterocycles. The van der Waals surface area contributed by atoms with Gasteiger partial charge in [-0.1, -0.05) is 12.1 Å². The van der Waals surface area contributed by atoms with Crippen molar-refractivity contribution in [1.29, 1.82) is 0 Å². The van der Waals surface area contributed by atoms with Crippen LogP contribution in [0.4, 0.5) is 10.1 Å². The number of benzene rings is 1. The molecule has 0 spiro atoms. The zero-order valence-electron chi connectivity index (χ0n) is 9.55. The predicted octanol–water partition coefficient (Wildman–Crippen LogP) is 2.50. The van der Waals surface area contributed by atoms with Crippen molar-refractivity contribution in [3.05, 3.63) is 29.6 Å². The zero-order chi connectivity index (χ0) is 12.0. The average Bonchev–Trinajstić information content (AvgIpc) is 2.27. The normalized spacial score (nSPS) is 9.94. The fourth-order valence-corrected chi connectivity index (χ4v) is 1.40. The van der Waals surface area contributed by atoms with Gasteiger partial charge in [0.25, 0.3) is 0 Å². The molecule has 88 valence electrons. The number of rotatable bonds is 5. The van der Waals surface area contributed by atoms with Crippen LogP contribution >= 0.6 is 0 Å². The molecule has 0 heterocycles. The number of hydrogen-bond donors (Lipinski definition) is 1. The first kappa shape index (κ1) is 12.5. The van der Waals surface area contributed by atoms with Crippen LogP contribution in [0.3, 0.4) is 0 Å². The Bertz CT molecular complexity index is 346. The second-order valence-corrected chi connectivity index (χ2v) is 3.54. The minimum Gasteiger partial charge on any atom is -0.469 e. The average molecular weight is 225 g/mol. The van der Waals surface area contributed by atoms with Crippen molar-refractivity contribution in [2.75, 3.05) is 19.0 Å². The lowest BCUT2D eigenvalue weighted by atomic mass is 10.2. The lowest BCUT2D eigenvalue weighted by Gasteiger charge is -2.09. The number of carbonyl (C=O) groups excluding carboxylic acids is 1. The second-order valence-electron chi connectivity index (χ2n) is 3.54. The van der Waals surface area contributed by atoms with Gasteiger partial charge in [-0.2, -0.15) is 0 Å². The number of anilines is 1. The van der Waals surface area contributed by atoms with E-state index in [1.54, 1.807) is 6.07 Å². The maximum absolute atomic E-state index is 13.3. The van der Waals surface area contributed by atoms with Crippen LogP contribution in [-0.2, 0) is 9.53 Å². The van der Waals surface area contributed by atoms with Gasteiger partial charge in [-0.15, -0.1) is 0 Å². The number of ether oxygens (including phenoxy) is 1. The Balaban J connectivity index is 2.40. The summed E-state index contributed by atoms with van der Waals surface area (Å²) >= 11 is 0. The van der Waals surface area contributed by atoms with E-state index in [0.717, 1.165) is 5.56 Å². The second kappa shape index (κ2) is 6.10. The monoisotopic (exact) mass is 225 g/mol. The van der Waals surface area contributed by atoms with E-state index in [-0.39, 0.29) is 11.8 Å². The molecule has 1 aromatic rings. The number of methoxy groups -OCH3 is 1. The summed E-state index contributed by atoms with van der Waals surface area (Å²) in [5, 5.41) is 2.98.